The van der Waals surface area contributed by atoms with Gasteiger partial charge in [0.05, 0.1) is 12.8 Å². The maximum Gasteiger partial charge on any atom is 0.273 e. The van der Waals surface area contributed by atoms with Gasteiger partial charge in [-0.1, -0.05) is 26.0 Å². The Morgan fingerprint density at radius 1 is 1.11 bits per heavy atom. The average Bonchev–Trinajstić information content (AvgIpc) is 3.24. The number of nitrogens with two attached hydrogens (primary N) is 2. The number of rotatable bonds is 10. The fourth-order valence-electron chi connectivity index (χ4n) is 3.52. The topological polar surface area (TPSA) is 161 Å². The molecule has 0 aliphatic heterocycles. The van der Waals surface area contributed by atoms with E-state index in [0.717, 1.165) is 18.0 Å². The summed E-state index contributed by atoms with van der Waals surface area (Å²) in [5, 5.41) is 12.7. The number of primary amides is 1. The molecule has 1 heterocycles. The van der Waals surface area contributed by atoms with E-state index < -0.39 is 23.8 Å². The van der Waals surface area contributed by atoms with E-state index in [1.54, 1.807) is 36.4 Å². The van der Waals surface area contributed by atoms with E-state index >= 15 is 0 Å². The number of methoxy groups -OCH3 is 1. The SMILES string of the molecule is COc1ccc(N(C(=O)c2snc(C(N)=O)c2N)[C@@H](C(=O)NCCC(C)C)c2ccc(O)cc2)cc1. The molecule has 10 nitrogen and oxygen atoms in total. The minimum Gasteiger partial charge on any atom is -0.508 e. The van der Waals surface area contributed by atoms with Gasteiger partial charge in [0.25, 0.3) is 11.8 Å². The number of phenolic OH excluding ortho intramolecular Hbond substituents is 1. The van der Waals surface area contributed by atoms with Crippen LogP contribution in [-0.2, 0) is 4.79 Å². The van der Waals surface area contributed by atoms with Crippen LogP contribution in [0.2, 0.25) is 0 Å². The standard InChI is InChI=1S/C25H29N5O5S/c1-14(2)12-13-28-24(33)21(15-4-8-17(31)9-5-15)30(16-6-10-18(35-3)11-7-16)25(34)22-19(26)20(23(27)32)29-36-22/h4-11,14,21,31H,12-13,26H2,1-3H3,(H2,27,32)(H,28,33)/t21-/m1/s1. The maximum absolute atomic E-state index is 13.9. The lowest BCUT2D eigenvalue weighted by Gasteiger charge is -2.31. The van der Waals surface area contributed by atoms with Crippen molar-refractivity contribution in [3.05, 3.63) is 64.7 Å². The molecule has 0 bridgehead atoms. The molecule has 0 saturated carbocycles. The van der Waals surface area contributed by atoms with E-state index in [4.69, 9.17) is 16.2 Å². The van der Waals surface area contributed by atoms with Crippen LogP contribution in [0.4, 0.5) is 11.4 Å². The van der Waals surface area contributed by atoms with Crippen molar-refractivity contribution in [1.82, 2.24) is 9.69 Å². The number of nitrogen functional groups attached to an aromatic ring is 1. The highest BCUT2D eigenvalue weighted by Gasteiger charge is 2.36. The first-order valence-electron chi connectivity index (χ1n) is 11.2. The molecular formula is C25H29N5O5S. The smallest absolute Gasteiger partial charge is 0.273 e. The monoisotopic (exact) mass is 511 g/mol. The van der Waals surface area contributed by atoms with Crippen molar-refractivity contribution >= 4 is 40.6 Å². The summed E-state index contributed by atoms with van der Waals surface area (Å²) in [4.78, 5) is 40.5. The third kappa shape index (κ3) is 5.92. The summed E-state index contributed by atoms with van der Waals surface area (Å²) in [5.74, 6) is -0.996. The van der Waals surface area contributed by atoms with Gasteiger partial charge in [0.15, 0.2) is 5.69 Å². The molecule has 0 unspecified atom stereocenters. The Bertz CT molecular complexity index is 1220. The van der Waals surface area contributed by atoms with Crippen molar-refractivity contribution in [3.8, 4) is 11.5 Å². The fraction of sp³-hybridized carbons (Fsp3) is 0.280. The third-order valence-corrected chi connectivity index (χ3v) is 6.31. The normalized spacial score (nSPS) is 11.7. The van der Waals surface area contributed by atoms with Gasteiger partial charge in [-0.25, -0.2) is 0 Å². The zero-order valence-electron chi connectivity index (χ0n) is 20.2. The van der Waals surface area contributed by atoms with Crippen LogP contribution in [0.3, 0.4) is 0 Å². The first-order chi connectivity index (χ1) is 17.1. The van der Waals surface area contributed by atoms with Crippen molar-refractivity contribution < 1.29 is 24.2 Å². The molecule has 0 fully saturated rings. The summed E-state index contributed by atoms with van der Waals surface area (Å²) in [7, 11) is 1.52. The summed E-state index contributed by atoms with van der Waals surface area (Å²) in [6.45, 7) is 4.49. The first kappa shape index (κ1) is 26.5. The van der Waals surface area contributed by atoms with Crippen LogP contribution < -0.4 is 26.4 Å². The molecule has 0 saturated heterocycles. The molecule has 0 spiro atoms. The number of phenols is 1. The number of benzene rings is 2. The van der Waals surface area contributed by atoms with Crippen LogP contribution in [0.25, 0.3) is 0 Å². The van der Waals surface area contributed by atoms with Gasteiger partial charge in [-0.2, -0.15) is 4.37 Å². The average molecular weight is 512 g/mol. The molecule has 0 radical (unpaired) electrons. The zero-order chi connectivity index (χ0) is 26.4. The molecule has 3 aromatic rings. The Balaban J connectivity index is 2.15. The molecule has 1 atom stereocenters. The zero-order valence-corrected chi connectivity index (χ0v) is 21.0. The molecule has 2 aromatic carbocycles. The summed E-state index contributed by atoms with van der Waals surface area (Å²) in [6.07, 6.45) is 0.744. The molecule has 190 valence electrons. The van der Waals surface area contributed by atoms with Crippen LogP contribution >= 0.6 is 11.5 Å². The Morgan fingerprint density at radius 2 is 1.75 bits per heavy atom. The van der Waals surface area contributed by atoms with Crippen molar-refractivity contribution in [3.63, 3.8) is 0 Å². The van der Waals surface area contributed by atoms with E-state index in [2.05, 4.69) is 9.69 Å². The van der Waals surface area contributed by atoms with Gasteiger partial charge in [0.1, 0.15) is 22.4 Å². The molecule has 3 rings (SSSR count). The van der Waals surface area contributed by atoms with Gasteiger partial charge >= 0.3 is 0 Å². The van der Waals surface area contributed by atoms with E-state index in [1.165, 1.54) is 24.1 Å². The highest BCUT2D eigenvalue weighted by Crippen LogP contribution is 2.34. The molecule has 36 heavy (non-hydrogen) atoms. The Hall–Kier alpha value is -4.12. The Kier molecular flexibility index (Phi) is 8.49. The number of hydrogen-bond donors (Lipinski definition) is 4. The van der Waals surface area contributed by atoms with Gasteiger partial charge in [-0.15, -0.1) is 0 Å². The molecule has 6 N–H and O–H groups in total. The second-order valence-electron chi connectivity index (χ2n) is 8.48. The van der Waals surface area contributed by atoms with Crippen molar-refractivity contribution in [1.29, 1.82) is 0 Å². The lowest BCUT2D eigenvalue weighted by molar-refractivity contribution is -0.122. The number of aromatic hydroxyl groups is 1. The molecule has 0 aliphatic carbocycles. The van der Waals surface area contributed by atoms with Crippen molar-refractivity contribution in [2.24, 2.45) is 11.7 Å². The highest BCUT2D eigenvalue weighted by molar-refractivity contribution is 7.09. The number of carbonyl (C=O) groups excluding carboxylic acids is 3. The number of hydrogen-bond acceptors (Lipinski definition) is 8. The molecule has 11 heteroatoms. The number of anilines is 2. The summed E-state index contributed by atoms with van der Waals surface area (Å²) in [5.41, 5.74) is 11.9. The molecule has 3 amide bonds. The summed E-state index contributed by atoms with van der Waals surface area (Å²) >= 11 is 0.728. The molecule has 1 aromatic heterocycles. The molecule has 0 aliphatic rings. The van der Waals surface area contributed by atoms with Gasteiger partial charge in [0, 0.05) is 12.2 Å². The number of nitrogens with zero attached hydrogens (tertiary/aromatic N) is 2. The van der Waals surface area contributed by atoms with Gasteiger partial charge in [-0.3, -0.25) is 19.3 Å². The minimum absolute atomic E-state index is 0.0119. The highest BCUT2D eigenvalue weighted by atomic mass is 32.1. The number of ether oxygens (including phenoxy) is 1. The number of carbonyl (C=O) groups is 3. The Morgan fingerprint density at radius 3 is 2.28 bits per heavy atom. The molecular weight excluding hydrogens is 482 g/mol. The van der Waals surface area contributed by atoms with Crippen LogP contribution in [-0.4, -0.2) is 40.9 Å². The lowest BCUT2D eigenvalue weighted by atomic mass is 10.0. The number of amides is 3. The van der Waals surface area contributed by atoms with E-state index in [0.29, 0.717) is 29.5 Å². The predicted octanol–water partition coefficient (Wildman–Crippen LogP) is 3.09. The van der Waals surface area contributed by atoms with Gasteiger partial charge in [0.2, 0.25) is 5.91 Å². The van der Waals surface area contributed by atoms with E-state index in [-0.39, 0.29) is 22.0 Å². The van der Waals surface area contributed by atoms with Gasteiger partial charge in [-0.05, 0) is 65.8 Å². The van der Waals surface area contributed by atoms with Crippen LogP contribution in [0, 0.1) is 5.92 Å². The predicted molar refractivity (Wildman–Crippen MR) is 138 cm³/mol. The number of nitrogens with one attached hydrogen (secondary N) is 1. The van der Waals surface area contributed by atoms with Crippen LogP contribution in [0.15, 0.2) is 48.5 Å². The third-order valence-electron chi connectivity index (χ3n) is 5.46. The minimum atomic E-state index is -1.13. The summed E-state index contributed by atoms with van der Waals surface area (Å²) < 4.78 is 9.17. The van der Waals surface area contributed by atoms with Gasteiger partial charge < -0.3 is 26.6 Å². The van der Waals surface area contributed by atoms with Crippen LogP contribution in [0.1, 0.15) is 52.0 Å². The van der Waals surface area contributed by atoms with Crippen molar-refractivity contribution in [2.45, 2.75) is 26.3 Å². The second-order valence-corrected chi connectivity index (χ2v) is 9.25. The van der Waals surface area contributed by atoms with E-state index in [1.807, 2.05) is 13.8 Å². The number of aromatic nitrogens is 1. The fourth-order valence-corrected chi connectivity index (χ4v) is 4.26. The summed E-state index contributed by atoms with van der Waals surface area (Å²) in [6, 6.07) is 11.5. The second kappa shape index (κ2) is 11.5. The van der Waals surface area contributed by atoms with Crippen molar-refractivity contribution in [2.75, 3.05) is 24.3 Å². The quantitative estimate of drug-likeness (QED) is 0.325. The Labute approximate surface area is 213 Å². The van der Waals surface area contributed by atoms with Crippen LogP contribution in [0.5, 0.6) is 11.5 Å². The largest absolute Gasteiger partial charge is 0.508 e. The van der Waals surface area contributed by atoms with E-state index in [9.17, 15) is 19.5 Å². The first-order valence-corrected chi connectivity index (χ1v) is 12.0. The lowest BCUT2D eigenvalue weighted by Crippen LogP contribution is -2.44. The maximum atomic E-state index is 13.9.